The fourth-order valence-corrected chi connectivity index (χ4v) is 3.74. The monoisotopic (exact) mass is 341 g/mol. The number of rotatable bonds is 3. The maximum atomic E-state index is 6.36. The standard InChI is InChI=1S/C18H20ClN5/c1-12(2)24-15-7-5-6-13(17(15)22-18(24)19)14-10-20-11-16(21-14)23-8-3-4-9-23/h5-7,10-12H,3-4,8-9H2,1-2H3. The minimum absolute atomic E-state index is 0.250. The van der Waals surface area contributed by atoms with Crippen molar-refractivity contribution in [2.45, 2.75) is 32.7 Å². The Balaban J connectivity index is 1.85. The molecule has 0 spiro atoms. The van der Waals surface area contributed by atoms with Crippen molar-refractivity contribution in [1.29, 1.82) is 0 Å². The molecule has 0 aliphatic carbocycles. The highest BCUT2D eigenvalue weighted by Crippen LogP contribution is 2.32. The Hall–Kier alpha value is -2.14. The number of halogens is 1. The summed E-state index contributed by atoms with van der Waals surface area (Å²) in [5, 5.41) is 0.510. The second kappa shape index (κ2) is 6.06. The lowest BCUT2D eigenvalue weighted by atomic mass is 10.1. The Labute approximate surface area is 146 Å². The van der Waals surface area contributed by atoms with E-state index in [1.165, 1.54) is 12.8 Å². The quantitative estimate of drug-likeness (QED) is 0.711. The highest BCUT2D eigenvalue weighted by Gasteiger charge is 2.18. The second-order valence-electron chi connectivity index (χ2n) is 6.47. The number of aromatic nitrogens is 4. The molecule has 0 atom stereocenters. The third-order valence-electron chi connectivity index (χ3n) is 4.52. The zero-order valence-electron chi connectivity index (χ0n) is 13.9. The highest BCUT2D eigenvalue weighted by atomic mass is 35.5. The van der Waals surface area contributed by atoms with E-state index < -0.39 is 0 Å². The molecule has 0 saturated carbocycles. The van der Waals surface area contributed by atoms with E-state index in [2.05, 4.69) is 34.8 Å². The molecule has 1 fully saturated rings. The summed E-state index contributed by atoms with van der Waals surface area (Å²) >= 11 is 6.36. The van der Waals surface area contributed by atoms with Crippen LogP contribution in [0, 0.1) is 0 Å². The van der Waals surface area contributed by atoms with Crippen LogP contribution in [0.3, 0.4) is 0 Å². The summed E-state index contributed by atoms with van der Waals surface area (Å²) in [6, 6.07) is 6.36. The van der Waals surface area contributed by atoms with Crippen LogP contribution in [0.2, 0.25) is 5.28 Å². The topological polar surface area (TPSA) is 46.8 Å². The molecule has 6 heteroatoms. The predicted molar refractivity (Wildman–Crippen MR) is 97.6 cm³/mol. The van der Waals surface area contributed by atoms with Gasteiger partial charge in [0.1, 0.15) is 5.82 Å². The van der Waals surface area contributed by atoms with Crippen LogP contribution < -0.4 is 4.90 Å². The fraction of sp³-hybridized carbons (Fsp3) is 0.389. The molecular formula is C18H20ClN5. The molecule has 0 unspecified atom stereocenters. The van der Waals surface area contributed by atoms with Gasteiger partial charge in [-0.25, -0.2) is 9.97 Å². The lowest BCUT2D eigenvalue weighted by Gasteiger charge is -2.16. The van der Waals surface area contributed by atoms with Crippen LogP contribution in [0.4, 0.5) is 5.82 Å². The van der Waals surface area contributed by atoms with Gasteiger partial charge in [-0.2, -0.15) is 0 Å². The summed E-state index contributed by atoms with van der Waals surface area (Å²) in [7, 11) is 0. The molecule has 0 radical (unpaired) electrons. The van der Waals surface area contributed by atoms with Crippen molar-refractivity contribution in [3.05, 3.63) is 35.9 Å². The maximum Gasteiger partial charge on any atom is 0.204 e. The van der Waals surface area contributed by atoms with Crippen molar-refractivity contribution >= 4 is 28.5 Å². The molecule has 1 aliphatic rings. The fourth-order valence-electron chi connectivity index (χ4n) is 3.37. The number of para-hydroxylation sites is 1. The molecule has 4 rings (SSSR count). The Morgan fingerprint density at radius 2 is 1.88 bits per heavy atom. The SMILES string of the molecule is CC(C)n1c(Cl)nc2c(-c3cncc(N4CCCC4)n3)cccc21. The molecule has 3 heterocycles. The first-order valence-electron chi connectivity index (χ1n) is 8.39. The maximum absolute atomic E-state index is 6.36. The van der Waals surface area contributed by atoms with E-state index in [0.717, 1.165) is 41.2 Å². The van der Waals surface area contributed by atoms with Crippen molar-refractivity contribution in [2.24, 2.45) is 0 Å². The molecule has 1 saturated heterocycles. The number of anilines is 1. The largest absolute Gasteiger partial charge is 0.355 e. The number of nitrogens with zero attached hydrogens (tertiary/aromatic N) is 5. The molecule has 0 N–H and O–H groups in total. The molecule has 124 valence electrons. The molecule has 0 amide bonds. The van der Waals surface area contributed by atoms with Crippen LogP contribution >= 0.6 is 11.6 Å². The highest BCUT2D eigenvalue weighted by molar-refractivity contribution is 6.29. The lowest BCUT2D eigenvalue weighted by Crippen LogP contribution is -2.19. The van der Waals surface area contributed by atoms with Gasteiger partial charge in [0, 0.05) is 24.7 Å². The van der Waals surface area contributed by atoms with E-state index in [9.17, 15) is 0 Å². The van der Waals surface area contributed by atoms with Crippen LogP contribution in [0.25, 0.3) is 22.3 Å². The average molecular weight is 342 g/mol. The minimum Gasteiger partial charge on any atom is -0.355 e. The van der Waals surface area contributed by atoms with Crippen LogP contribution in [0.5, 0.6) is 0 Å². The van der Waals surface area contributed by atoms with Gasteiger partial charge in [0.15, 0.2) is 0 Å². The van der Waals surface area contributed by atoms with Crippen molar-refractivity contribution in [3.8, 4) is 11.3 Å². The number of fused-ring (bicyclic) bond motifs is 1. The number of hydrogen-bond donors (Lipinski definition) is 0. The average Bonchev–Trinajstić information content (AvgIpc) is 3.21. The number of benzene rings is 1. The first kappa shape index (κ1) is 15.4. The zero-order chi connectivity index (χ0) is 16.7. The van der Waals surface area contributed by atoms with Gasteiger partial charge >= 0.3 is 0 Å². The van der Waals surface area contributed by atoms with Crippen molar-refractivity contribution in [3.63, 3.8) is 0 Å². The molecular weight excluding hydrogens is 322 g/mol. The van der Waals surface area contributed by atoms with Crippen molar-refractivity contribution in [2.75, 3.05) is 18.0 Å². The Bertz CT molecular complexity index is 880. The third-order valence-corrected chi connectivity index (χ3v) is 4.79. The predicted octanol–water partition coefficient (Wildman–Crippen LogP) is 4.33. The van der Waals surface area contributed by atoms with Gasteiger partial charge < -0.3 is 9.47 Å². The number of imidazole rings is 1. The first-order chi connectivity index (χ1) is 11.6. The lowest BCUT2D eigenvalue weighted by molar-refractivity contribution is 0.618. The van der Waals surface area contributed by atoms with E-state index in [4.69, 9.17) is 16.6 Å². The Morgan fingerprint density at radius 3 is 2.62 bits per heavy atom. The summed E-state index contributed by atoms with van der Waals surface area (Å²) < 4.78 is 2.04. The van der Waals surface area contributed by atoms with Crippen LogP contribution in [0.15, 0.2) is 30.6 Å². The van der Waals surface area contributed by atoms with Gasteiger partial charge in [0.05, 0.1) is 29.1 Å². The minimum atomic E-state index is 0.250. The molecule has 1 aliphatic heterocycles. The zero-order valence-corrected chi connectivity index (χ0v) is 14.7. The van der Waals surface area contributed by atoms with Gasteiger partial charge in [-0.05, 0) is 44.4 Å². The normalized spacial score (nSPS) is 14.9. The van der Waals surface area contributed by atoms with E-state index in [0.29, 0.717) is 5.28 Å². The first-order valence-corrected chi connectivity index (χ1v) is 8.77. The molecule has 2 aromatic heterocycles. The van der Waals surface area contributed by atoms with E-state index in [1.807, 2.05) is 22.9 Å². The second-order valence-corrected chi connectivity index (χ2v) is 6.81. The summed E-state index contributed by atoms with van der Waals surface area (Å²) in [5.74, 6) is 0.941. The number of hydrogen-bond acceptors (Lipinski definition) is 4. The summed E-state index contributed by atoms with van der Waals surface area (Å²) in [6.45, 7) is 6.31. The molecule has 1 aromatic carbocycles. The van der Waals surface area contributed by atoms with Crippen LogP contribution in [0.1, 0.15) is 32.7 Å². The van der Waals surface area contributed by atoms with Crippen LogP contribution in [-0.2, 0) is 0 Å². The van der Waals surface area contributed by atoms with Gasteiger partial charge in [-0.1, -0.05) is 12.1 Å². The molecule has 0 bridgehead atoms. The summed E-state index contributed by atoms with van der Waals surface area (Å²) in [6.07, 6.45) is 6.08. The summed E-state index contributed by atoms with van der Waals surface area (Å²) in [5.41, 5.74) is 3.72. The van der Waals surface area contributed by atoms with Crippen molar-refractivity contribution < 1.29 is 0 Å². The van der Waals surface area contributed by atoms with Crippen molar-refractivity contribution in [1.82, 2.24) is 19.5 Å². The third kappa shape index (κ3) is 2.53. The molecule has 3 aromatic rings. The summed E-state index contributed by atoms with van der Waals surface area (Å²) in [4.78, 5) is 16.1. The smallest absolute Gasteiger partial charge is 0.204 e. The molecule has 24 heavy (non-hydrogen) atoms. The van der Waals surface area contributed by atoms with E-state index in [-0.39, 0.29) is 6.04 Å². The Kier molecular flexibility index (Phi) is 3.88. The van der Waals surface area contributed by atoms with Gasteiger partial charge in [-0.3, -0.25) is 4.98 Å². The van der Waals surface area contributed by atoms with E-state index in [1.54, 1.807) is 6.20 Å². The van der Waals surface area contributed by atoms with E-state index >= 15 is 0 Å². The van der Waals surface area contributed by atoms with Gasteiger partial charge in [-0.15, -0.1) is 0 Å². The van der Waals surface area contributed by atoms with Crippen LogP contribution in [-0.4, -0.2) is 32.6 Å². The van der Waals surface area contributed by atoms with Gasteiger partial charge in [0.25, 0.3) is 0 Å². The Morgan fingerprint density at radius 1 is 1.08 bits per heavy atom. The molecule has 5 nitrogen and oxygen atoms in total. The van der Waals surface area contributed by atoms with Gasteiger partial charge in [0.2, 0.25) is 5.28 Å².